The Balaban J connectivity index is 3.58. The fourth-order valence-corrected chi connectivity index (χ4v) is 1.63. The molecule has 0 aromatic carbocycles. The van der Waals surface area contributed by atoms with Crippen LogP contribution in [-0.4, -0.2) is 25.1 Å². The van der Waals surface area contributed by atoms with Crippen LogP contribution in [0, 0.1) is 0 Å². The molecule has 0 aliphatic rings. The van der Waals surface area contributed by atoms with Gasteiger partial charge in [0.2, 0.25) is 0 Å². The molecule has 11 heavy (non-hydrogen) atoms. The van der Waals surface area contributed by atoms with E-state index in [1.165, 1.54) is 11.3 Å². The number of nitrogens with one attached hydrogen (secondary N) is 1. The zero-order valence-corrected chi connectivity index (χ0v) is 8.63. The molecule has 2 heteroatoms. The molecule has 0 aromatic rings. The summed E-state index contributed by atoms with van der Waals surface area (Å²) in [7, 11) is 2.02. The van der Waals surface area contributed by atoms with Crippen molar-refractivity contribution in [3.05, 3.63) is 12.2 Å². The summed E-state index contributed by atoms with van der Waals surface area (Å²) in [5.74, 6) is 1.18. The number of hydrogen-bond acceptors (Lipinski definition) is 2. The number of rotatable bonds is 6. The average Bonchev–Trinajstić information content (AvgIpc) is 2.03. The second kappa shape index (κ2) is 6.74. The van der Waals surface area contributed by atoms with E-state index in [9.17, 15) is 0 Å². The molecular formula is C9H19NS. The first-order chi connectivity index (χ1) is 5.24. The molecule has 0 amide bonds. The van der Waals surface area contributed by atoms with Crippen LogP contribution in [0.15, 0.2) is 12.2 Å². The molecule has 0 fully saturated rings. The number of thioether (sulfide) groups is 1. The van der Waals surface area contributed by atoms with Gasteiger partial charge in [0.1, 0.15) is 0 Å². The SMILES string of the molecule is C=C(CC)CC(CSC)NC. The van der Waals surface area contributed by atoms with Gasteiger partial charge >= 0.3 is 0 Å². The van der Waals surface area contributed by atoms with Crippen LogP contribution in [0.3, 0.4) is 0 Å². The Morgan fingerprint density at radius 3 is 2.64 bits per heavy atom. The van der Waals surface area contributed by atoms with E-state index in [2.05, 4.69) is 25.1 Å². The molecule has 0 aliphatic carbocycles. The van der Waals surface area contributed by atoms with Gasteiger partial charge in [-0.05, 0) is 26.1 Å². The molecule has 0 saturated carbocycles. The molecule has 0 saturated heterocycles. The van der Waals surface area contributed by atoms with E-state index in [1.807, 2.05) is 18.8 Å². The summed E-state index contributed by atoms with van der Waals surface area (Å²) >= 11 is 1.88. The third-order valence-corrected chi connectivity index (χ3v) is 2.55. The fraction of sp³-hybridized carbons (Fsp3) is 0.778. The highest BCUT2D eigenvalue weighted by atomic mass is 32.2. The van der Waals surface area contributed by atoms with Crippen molar-refractivity contribution in [2.75, 3.05) is 19.1 Å². The Hall–Kier alpha value is 0.0500. The summed E-state index contributed by atoms with van der Waals surface area (Å²) < 4.78 is 0. The van der Waals surface area contributed by atoms with Crippen LogP contribution in [0.25, 0.3) is 0 Å². The van der Waals surface area contributed by atoms with E-state index in [0.717, 1.165) is 12.8 Å². The topological polar surface area (TPSA) is 12.0 Å². The highest BCUT2D eigenvalue weighted by Gasteiger charge is 2.04. The van der Waals surface area contributed by atoms with E-state index in [-0.39, 0.29) is 0 Å². The van der Waals surface area contributed by atoms with Crippen molar-refractivity contribution in [2.24, 2.45) is 0 Å². The van der Waals surface area contributed by atoms with Crippen LogP contribution in [0.1, 0.15) is 19.8 Å². The van der Waals surface area contributed by atoms with Gasteiger partial charge in [-0.1, -0.05) is 19.1 Å². The lowest BCUT2D eigenvalue weighted by Gasteiger charge is -2.15. The molecule has 66 valence electrons. The standard InChI is InChI=1S/C9H19NS/c1-5-8(2)6-9(10-3)7-11-4/h9-10H,2,5-7H2,1,3-4H3. The smallest absolute Gasteiger partial charge is 0.0192 e. The molecule has 0 aliphatic heterocycles. The molecule has 1 atom stereocenters. The molecule has 1 nitrogen and oxygen atoms in total. The maximum atomic E-state index is 3.99. The Bertz CT molecular complexity index is 112. The van der Waals surface area contributed by atoms with E-state index in [4.69, 9.17) is 0 Å². The Kier molecular flexibility index (Phi) is 6.77. The molecule has 1 unspecified atom stereocenters. The van der Waals surface area contributed by atoms with E-state index in [0.29, 0.717) is 6.04 Å². The Labute approximate surface area is 74.6 Å². The van der Waals surface area contributed by atoms with Crippen molar-refractivity contribution < 1.29 is 0 Å². The quantitative estimate of drug-likeness (QED) is 0.619. The van der Waals surface area contributed by atoms with E-state index >= 15 is 0 Å². The molecule has 1 N–H and O–H groups in total. The number of hydrogen-bond donors (Lipinski definition) is 1. The molecular weight excluding hydrogens is 154 g/mol. The average molecular weight is 173 g/mol. The van der Waals surface area contributed by atoms with Crippen molar-refractivity contribution in [3.63, 3.8) is 0 Å². The van der Waals surface area contributed by atoms with Gasteiger partial charge in [-0.15, -0.1) is 0 Å². The minimum atomic E-state index is 0.609. The first-order valence-electron chi connectivity index (χ1n) is 4.07. The first kappa shape index (κ1) is 11.1. The van der Waals surface area contributed by atoms with Gasteiger partial charge in [0.25, 0.3) is 0 Å². The molecule has 0 rings (SSSR count). The van der Waals surface area contributed by atoms with Gasteiger partial charge in [-0.2, -0.15) is 11.8 Å². The van der Waals surface area contributed by atoms with Crippen LogP contribution in [0.2, 0.25) is 0 Å². The van der Waals surface area contributed by atoms with Crippen molar-refractivity contribution in [3.8, 4) is 0 Å². The van der Waals surface area contributed by atoms with E-state index < -0.39 is 0 Å². The summed E-state index contributed by atoms with van der Waals surface area (Å²) in [4.78, 5) is 0. The van der Waals surface area contributed by atoms with Crippen LogP contribution in [0.5, 0.6) is 0 Å². The third kappa shape index (κ3) is 5.33. The highest BCUT2D eigenvalue weighted by molar-refractivity contribution is 7.98. The maximum Gasteiger partial charge on any atom is 0.0192 e. The van der Waals surface area contributed by atoms with Crippen LogP contribution in [-0.2, 0) is 0 Å². The predicted octanol–water partition coefficient (Wildman–Crippen LogP) is 2.29. The molecule has 0 bridgehead atoms. The monoisotopic (exact) mass is 173 g/mol. The fourth-order valence-electron chi connectivity index (χ4n) is 0.938. The molecule has 0 spiro atoms. The minimum absolute atomic E-state index is 0.609. The lowest BCUT2D eigenvalue weighted by Crippen LogP contribution is -2.27. The molecule has 0 radical (unpaired) electrons. The van der Waals surface area contributed by atoms with Crippen LogP contribution >= 0.6 is 11.8 Å². The van der Waals surface area contributed by atoms with Crippen molar-refractivity contribution in [1.82, 2.24) is 5.32 Å². The third-order valence-electron chi connectivity index (χ3n) is 1.81. The van der Waals surface area contributed by atoms with E-state index in [1.54, 1.807) is 0 Å². The predicted molar refractivity (Wildman–Crippen MR) is 55.3 cm³/mol. The van der Waals surface area contributed by atoms with Crippen molar-refractivity contribution >= 4 is 11.8 Å². The van der Waals surface area contributed by atoms with Gasteiger partial charge in [0.15, 0.2) is 0 Å². The summed E-state index contributed by atoms with van der Waals surface area (Å²) in [6, 6.07) is 0.609. The second-order valence-electron chi connectivity index (χ2n) is 2.75. The lowest BCUT2D eigenvalue weighted by molar-refractivity contribution is 0.607. The molecule has 0 heterocycles. The summed E-state index contributed by atoms with van der Waals surface area (Å²) in [6.45, 7) is 6.15. The summed E-state index contributed by atoms with van der Waals surface area (Å²) in [5, 5.41) is 3.29. The molecule has 0 aromatic heterocycles. The minimum Gasteiger partial charge on any atom is -0.316 e. The van der Waals surface area contributed by atoms with Gasteiger partial charge in [0.05, 0.1) is 0 Å². The van der Waals surface area contributed by atoms with Gasteiger partial charge in [-0.25, -0.2) is 0 Å². The highest BCUT2D eigenvalue weighted by Crippen LogP contribution is 2.09. The van der Waals surface area contributed by atoms with Gasteiger partial charge < -0.3 is 5.32 Å². The van der Waals surface area contributed by atoms with Crippen LogP contribution < -0.4 is 5.32 Å². The van der Waals surface area contributed by atoms with Gasteiger partial charge in [-0.3, -0.25) is 0 Å². The Morgan fingerprint density at radius 2 is 2.27 bits per heavy atom. The maximum absolute atomic E-state index is 3.99. The van der Waals surface area contributed by atoms with Crippen molar-refractivity contribution in [1.29, 1.82) is 0 Å². The second-order valence-corrected chi connectivity index (χ2v) is 3.66. The van der Waals surface area contributed by atoms with Gasteiger partial charge in [0, 0.05) is 11.8 Å². The largest absolute Gasteiger partial charge is 0.316 e. The van der Waals surface area contributed by atoms with Crippen LogP contribution in [0.4, 0.5) is 0 Å². The lowest BCUT2D eigenvalue weighted by atomic mass is 10.1. The zero-order chi connectivity index (χ0) is 8.69. The Morgan fingerprint density at radius 1 is 1.64 bits per heavy atom. The first-order valence-corrected chi connectivity index (χ1v) is 5.46. The summed E-state index contributed by atoms with van der Waals surface area (Å²) in [6.07, 6.45) is 4.36. The summed E-state index contributed by atoms with van der Waals surface area (Å²) in [5.41, 5.74) is 1.35. The zero-order valence-electron chi connectivity index (χ0n) is 7.81. The van der Waals surface area contributed by atoms with Crippen molar-refractivity contribution in [2.45, 2.75) is 25.8 Å². The normalized spacial score (nSPS) is 13.0.